The first-order valence-corrected chi connectivity index (χ1v) is 11.7. The van der Waals surface area contributed by atoms with E-state index in [4.69, 9.17) is 17.2 Å². The summed E-state index contributed by atoms with van der Waals surface area (Å²) in [6.45, 7) is 0.566. The molecule has 33 heavy (non-hydrogen) atoms. The average molecular weight is 474 g/mol. The zero-order chi connectivity index (χ0) is 22.6. The third-order valence-corrected chi connectivity index (χ3v) is 6.61. The van der Waals surface area contributed by atoms with Crippen molar-refractivity contribution in [1.82, 2.24) is 35.5 Å². The number of hydrogen-bond donors (Lipinski definition) is 1. The number of para-hydroxylation sites is 1. The maximum Gasteiger partial charge on any atom is 0.266 e. The first-order chi connectivity index (χ1) is 16.2. The van der Waals surface area contributed by atoms with Crippen LogP contribution in [0.4, 0.5) is 0 Å². The molecule has 4 aromatic rings. The van der Waals surface area contributed by atoms with Gasteiger partial charge in [0, 0.05) is 30.1 Å². The van der Waals surface area contributed by atoms with Gasteiger partial charge in [-0.15, -0.1) is 10.2 Å². The van der Waals surface area contributed by atoms with Crippen molar-refractivity contribution in [2.45, 2.75) is 19.3 Å². The van der Waals surface area contributed by atoms with Crippen molar-refractivity contribution in [3.05, 3.63) is 71.2 Å². The Hall–Kier alpha value is -3.50. The van der Waals surface area contributed by atoms with Gasteiger partial charge < -0.3 is 0 Å². The Bertz CT molecular complexity index is 1350. The molecule has 1 N–H and O–H groups in total. The van der Waals surface area contributed by atoms with E-state index in [1.165, 1.54) is 11.8 Å². The average Bonchev–Trinajstić information content (AvgIpc) is 3.45. The number of tetrazole rings is 1. The Morgan fingerprint density at radius 3 is 2.91 bits per heavy atom. The second kappa shape index (κ2) is 9.55. The molecular formula is C23H19N7OS2. The Labute approximate surface area is 199 Å². The van der Waals surface area contributed by atoms with Gasteiger partial charge in [0.1, 0.15) is 4.32 Å². The number of aromatic amines is 1. The number of hydrogen-bond acceptors (Lipinski definition) is 8. The number of H-pyrrole nitrogens is 1. The van der Waals surface area contributed by atoms with Gasteiger partial charge in [0.25, 0.3) is 5.91 Å². The summed E-state index contributed by atoms with van der Waals surface area (Å²) >= 11 is 6.76. The lowest BCUT2D eigenvalue weighted by Crippen LogP contribution is -2.29. The van der Waals surface area contributed by atoms with Crippen LogP contribution in [0.1, 0.15) is 24.4 Å². The van der Waals surface area contributed by atoms with Gasteiger partial charge in [-0.25, -0.2) is 4.98 Å². The largest absolute Gasteiger partial charge is 0.293 e. The molecule has 3 aromatic heterocycles. The third kappa shape index (κ3) is 4.81. The summed E-state index contributed by atoms with van der Waals surface area (Å²) in [7, 11) is 0. The summed E-state index contributed by atoms with van der Waals surface area (Å²) < 4.78 is 0.570. The van der Waals surface area contributed by atoms with Gasteiger partial charge in [-0.1, -0.05) is 53.5 Å². The summed E-state index contributed by atoms with van der Waals surface area (Å²) in [6.07, 6.45) is 5.98. The van der Waals surface area contributed by atoms with Gasteiger partial charge in [0.15, 0.2) is 5.82 Å². The van der Waals surface area contributed by atoms with E-state index >= 15 is 0 Å². The lowest BCUT2D eigenvalue weighted by molar-refractivity contribution is -0.122. The van der Waals surface area contributed by atoms with E-state index in [1.807, 2.05) is 48.7 Å². The number of carbonyl (C=O) groups excluding carboxylic acids is 1. The quantitative estimate of drug-likeness (QED) is 0.244. The maximum absolute atomic E-state index is 12.9. The van der Waals surface area contributed by atoms with E-state index in [9.17, 15) is 4.79 Å². The molecule has 1 saturated heterocycles. The van der Waals surface area contributed by atoms with E-state index in [1.54, 1.807) is 11.0 Å². The summed E-state index contributed by atoms with van der Waals surface area (Å²) in [5.74, 6) is 0.594. The maximum atomic E-state index is 12.9. The van der Waals surface area contributed by atoms with E-state index in [-0.39, 0.29) is 5.91 Å². The minimum atomic E-state index is -0.0795. The highest BCUT2D eigenvalue weighted by Gasteiger charge is 2.31. The van der Waals surface area contributed by atoms with E-state index in [0.29, 0.717) is 33.7 Å². The smallest absolute Gasteiger partial charge is 0.266 e. The van der Waals surface area contributed by atoms with Crippen LogP contribution in [-0.4, -0.2) is 52.3 Å². The van der Waals surface area contributed by atoms with Crippen molar-refractivity contribution in [3.63, 3.8) is 0 Å². The number of nitrogens with zero attached hydrogens (tertiary/aromatic N) is 6. The molecule has 4 heterocycles. The molecule has 0 unspecified atom stereocenters. The molecule has 0 radical (unpaired) electrons. The van der Waals surface area contributed by atoms with Crippen LogP contribution in [0.2, 0.25) is 0 Å². The van der Waals surface area contributed by atoms with E-state index in [2.05, 4.69) is 31.7 Å². The zero-order valence-corrected chi connectivity index (χ0v) is 19.1. The Morgan fingerprint density at radius 1 is 1.12 bits per heavy atom. The molecule has 5 rings (SSSR count). The molecule has 1 fully saturated rings. The minimum Gasteiger partial charge on any atom is -0.293 e. The molecule has 1 aliphatic heterocycles. The Morgan fingerprint density at radius 2 is 2.03 bits per heavy atom. The molecule has 10 heteroatoms. The van der Waals surface area contributed by atoms with Gasteiger partial charge in [-0.05, 0) is 43.2 Å². The third-order valence-electron chi connectivity index (χ3n) is 5.23. The van der Waals surface area contributed by atoms with Gasteiger partial charge in [-0.3, -0.25) is 14.7 Å². The van der Waals surface area contributed by atoms with Crippen LogP contribution in [0.3, 0.4) is 0 Å². The lowest BCUT2D eigenvalue weighted by atomic mass is 10.1. The second-order valence-corrected chi connectivity index (χ2v) is 9.16. The van der Waals surface area contributed by atoms with Crippen LogP contribution in [-0.2, 0) is 11.2 Å². The lowest BCUT2D eigenvalue weighted by Gasteiger charge is -2.13. The molecule has 164 valence electrons. The van der Waals surface area contributed by atoms with Crippen molar-refractivity contribution in [1.29, 1.82) is 0 Å². The van der Waals surface area contributed by atoms with Crippen molar-refractivity contribution in [3.8, 4) is 11.3 Å². The van der Waals surface area contributed by atoms with Crippen molar-refractivity contribution in [2.24, 2.45) is 0 Å². The Balaban J connectivity index is 1.28. The number of benzene rings is 1. The highest BCUT2D eigenvalue weighted by atomic mass is 32.2. The number of thioether (sulfide) groups is 1. The SMILES string of the molecule is O=C1C(=Cc2cccc(-c3cnc4ccccc4c3)n2)SC(=S)N1CCCCc1nn[nH]n1. The number of aryl methyl sites for hydroxylation is 1. The van der Waals surface area contributed by atoms with Crippen LogP contribution in [0.5, 0.6) is 0 Å². The molecule has 1 amide bonds. The number of fused-ring (bicyclic) bond motifs is 1. The number of pyridine rings is 2. The fraction of sp³-hybridized carbons (Fsp3) is 0.174. The number of rotatable bonds is 7. The summed E-state index contributed by atoms with van der Waals surface area (Å²) in [6, 6.07) is 15.8. The number of thiocarbonyl (C=S) groups is 1. The highest BCUT2D eigenvalue weighted by Crippen LogP contribution is 2.33. The number of amides is 1. The summed E-state index contributed by atoms with van der Waals surface area (Å²) in [5, 5.41) is 14.9. The second-order valence-electron chi connectivity index (χ2n) is 7.48. The standard InChI is InChI=1S/C23H19N7OS2/c31-22-20(33-23(32)30(22)11-4-3-10-21-26-28-29-27-21)13-17-7-5-9-19(25-17)16-12-15-6-1-2-8-18(15)24-14-16/h1-2,5-9,12-14H,3-4,10-11H2,(H,26,27,28,29). The molecule has 0 saturated carbocycles. The van der Waals surface area contributed by atoms with Crippen molar-refractivity contribution >= 4 is 51.2 Å². The molecule has 1 aliphatic rings. The molecule has 0 bridgehead atoms. The van der Waals surface area contributed by atoms with Crippen LogP contribution >= 0.6 is 24.0 Å². The van der Waals surface area contributed by atoms with Crippen LogP contribution in [0, 0.1) is 0 Å². The Kier molecular flexibility index (Phi) is 6.18. The predicted octanol–water partition coefficient (Wildman–Crippen LogP) is 4.03. The van der Waals surface area contributed by atoms with Gasteiger partial charge in [0.2, 0.25) is 0 Å². The molecule has 0 aliphatic carbocycles. The van der Waals surface area contributed by atoms with Crippen LogP contribution in [0.25, 0.3) is 28.2 Å². The predicted molar refractivity (Wildman–Crippen MR) is 132 cm³/mol. The number of aromatic nitrogens is 6. The van der Waals surface area contributed by atoms with Crippen LogP contribution in [0.15, 0.2) is 59.6 Å². The van der Waals surface area contributed by atoms with Gasteiger partial charge >= 0.3 is 0 Å². The number of unbranched alkanes of at least 4 members (excludes halogenated alkanes) is 1. The van der Waals surface area contributed by atoms with E-state index < -0.39 is 0 Å². The molecule has 0 spiro atoms. The number of carbonyl (C=O) groups is 1. The fourth-order valence-electron chi connectivity index (χ4n) is 3.57. The first kappa shape index (κ1) is 21.4. The molecule has 1 aromatic carbocycles. The molecular weight excluding hydrogens is 454 g/mol. The summed E-state index contributed by atoms with van der Waals surface area (Å²) in [4.78, 5) is 24.4. The van der Waals surface area contributed by atoms with Gasteiger partial charge in [-0.2, -0.15) is 5.21 Å². The highest BCUT2D eigenvalue weighted by molar-refractivity contribution is 8.26. The van der Waals surface area contributed by atoms with E-state index in [0.717, 1.165) is 35.0 Å². The van der Waals surface area contributed by atoms with Gasteiger partial charge in [0.05, 0.1) is 21.8 Å². The topological polar surface area (TPSA) is 101 Å². The minimum absolute atomic E-state index is 0.0795. The fourth-order valence-corrected chi connectivity index (χ4v) is 4.87. The van der Waals surface area contributed by atoms with Crippen molar-refractivity contribution < 1.29 is 4.79 Å². The molecule has 8 nitrogen and oxygen atoms in total. The summed E-state index contributed by atoms with van der Waals surface area (Å²) in [5.41, 5.74) is 3.38. The first-order valence-electron chi connectivity index (χ1n) is 10.5. The van der Waals surface area contributed by atoms with Crippen molar-refractivity contribution in [2.75, 3.05) is 6.54 Å². The normalized spacial score (nSPS) is 15.2. The molecule has 0 atom stereocenters. The zero-order valence-electron chi connectivity index (χ0n) is 17.5. The van der Waals surface area contributed by atoms with Crippen LogP contribution < -0.4 is 0 Å². The monoisotopic (exact) mass is 473 g/mol. The number of nitrogens with one attached hydrogen (secondary N) is 1.